The minimum Gasteiger partial charge on any atom is -0.507 e. The number of hydrogen-bond acceptors (Lipinski definition) is 4. The van der Waals surface area contributed by atoms with Gasteiger partial charge in [-0.15, -0.1) is 0 Å². The lowest BCUT2D eigenvalue weighted by atomic mass is 9.92. The maximum Gasteiger partial charge on any atom is 0.213 e. The second-order valence-electron chi connectivity index (χ2n) is 4.42. The van der Waals surface area contributed by atoms with E-state index in [0.29, 0.717) is 11.7 Å². The van der Waals surface area contributed by atoms with Crippen LogP contribution in [-0.4, -0.2) is 34.2 Å². The first-order valence-electron chi connectivity index (χ1n) is 5.49. The first-order chi connectivity index (χ1) is 8.09. The van der Waals surface area contributed by atoms with Crippen LogP contribution in [0.15, 0.2) is 30.0 Å². The Kier molecular flexibility index (Phi) is 1.90. The molecule has 17 heavy (non-hydrogen) atoms. The van der Waals surface area contributed by atoms with Gasteiger partial charge in [-0.05, 0) is 13.0 Å². The van der Waals surface area contributed by atoms with Gasteiger partial charge in [0.15, 0.2) is 5.78 Å². The van der Waals surface area contributed by atoms with Gasteiger partial charge in [-0.2, -0.15) is 0 Å². The summed E-state index contributed by atoms with van der Waals surface area (Å²) in [7, 11) is 0. The second kappa shape index (κ2) is 3.20. The zero-order chi connectivity index (χ0) is 12.2. The number of allylic oxidation sites excluding steroid dienone is 2. The molecule has 1 aromatic rings. The molecule has 0 aromatic heterocycles. The van der Waals surface area contributed by atoms with Crippen molar-refractivity contribution in [3.05, 3.63) is 41.1 Å². The lowest BCUT2D eigenvalue weighted by molar-refractivity contribution is 0.0966. The molecule has 1 aliphatic heterocycles. The van der Waals surface area contributed by atoms with Crippen LogP contribution in [0.3, 0.4) is 0 Å². The Morgan fingerprint density at radius 1 is 1.35 bits per heavy atom. The number of nitrogens with zero attached hydrogens (tertiary/aromatic N) is 1. The molecule has 1 aliphatic carbocycles. The predicted octanol–water partition coefficient (Wildman–Crippen LogP) is 1.36. The number of Topliss-reactive ketones (excluding diaryl/α,β-unsaturated/α-hetero) is 1. The number of phenolic OH excluding ortho intramolecular Hbond substituents is 1. The van der Waals surface area contributed by atoms with E-state index in [-0.39, 0.29) is 28.4 Å². The monoisotopic (exact) mass is 229 g/mol. The SMILES string of the molecule is CC1CN1C1=CC(=O)c2cccc(O)c2C1=O. The van der Waals surface area contributed by atoms with E-state index >= 15 is 0 Å². The largest absolute Gasteiger partial charge is 0.507 e. The number of hydrogen-bond donors (Lipinski definition) is 1. The molecule has 0 amide bonds. The molecule has 2 aliphatic rings. The van der Waals surface area contributed by atoms with E-state index in [1.54, 1.807) is 12.1 Å². The van der Waals surface area contributed by atoms with Crippen LogP contribution < -0.4 is 0 Å². The molecule has 0 spiro atoms. The average Bonchev–Trinajstić information content (AvgIpc) is 3.00. The van der Waals surface area contributed by atoms with Crippen LogP contribution in [0.1, 0.15) is 27.6 Å². The van der Waals surface area contributed by atoms with E-state index in [4.69, 9.17) is 0 Å². The highest BCUT2D eigenvalue weighted by atomic mass is 16.3. The maximum absolute atomic E-state index is 12.2. The molecule has 0 radical (unpaired) electrons. The fraction of sp³-hybridized carbons (Fsp3) is 0.231. The average molecular weight is 229 g/mol. The van der Waals surface area contributed by atoms with Crippen LogP contribution in [0, 0.1) is 0 Å². The molecule has 1 aromatic carbocycles. The lowest BCUT2D eigenvalue weighted by Crippen LogP contribution is -2.22. The van der Waals surface area contributed by atoms with Crippen molar-refractivity contribution in [2.75, 3.05) is 6.54 Å². The summed E-state index contributed by atoms with van der Waals surface area (Å²) < 4.78 is 0. The molecule has 0 bridgehead atoms. The van der Waals surface area contributed by atoms with Gasteiger partial charge in [-0.25, -0.2) is 0 Å². The number of aromatic hydroxyl groups is 1. The smallest absolute Gasteiger partial charge is 0.213 e. The Morgan fingerprint density at radius 3 is 2.71 bits per heavy atom. The highest BCUT2D eigenvalue weighted by Crippen LogP contribution is 2.34. The predicted molar refractivity (Wildman–Crippen MR) is 61.0 cm³/mol. The van der Waals surface area contributed by atoms with Crippen molar-refractivity contribution >= 4 is 11.6 Å². The third-order valence-corrected chi connectivity index (χ3v) is 3.20. The Morgan fingerprint density at radius 2 is 2.06 bits per heavy atom. The maximum atomic E-state index is 12.2. The van der Waals surface area contributed by atoms with E-state index < -0.39 is 0 Å². The number of ketones is 2. The number of carbonyl (C=O) groups is 2. The molecule has 3 rings (SSSR count). The van der Waals surface area contributed by atoms with Gasteiger partial charge < -0.3 is 10.0 Å². The number of carbonyl (C=O) groups excluding carboxylic acids is 2. The van der Waals surface area contributed by atoms with Crippen molar-refractivity contribution in [1.29, 1.82) is 0 Å². The Bertz CT molecular complexity index is 574. The van der Waals surface area contributed by atoms with Crippen LogP contribution in [0.2, 0.25) is 0 Å². The third kappa shape index (κ3) is 1.37. The molecular weight excluding hydrogens is 218 g/mol. The van der Waals surface area contributed by atoms with Crippen molar-refractivity contribution in [2.24, 2.45) is 0 Å². The van der Waals surface area contributed by atoms with Gasteiger partial charge in [0.1, 0.15) is 5.75 Å². The summed E-state index contributed by atoms with van der Waals surface area (Å²) in [4.78, 5) is 25.9. The van der Waals surface area contributed by atoms with E-state index in [2.05, 4.69) is 0 Å². The highest BCUT2D eigenvalue weighted by Gasteiger charge is 2.39. The molecule has 1 N–H and O–H groups in total. The van der Waals surface area contributed by atoms with Crippen molar-refractivity contribution in [3.8, 4) is 5.75 Å². The first kappa shape index (κ1) is 10.1. The van der Waals surface area contributed by atoms with Gasteiger partial charge in [-0.1, -0.05) is 12.1 Å². The summed E-state index contributed by atoms with van der Waals surface area (Å²) in [6.45, 7) is 2.77. The van der Waals surface area contributed by atoms with Crippen molar-refractivity contribution in [1.82, 2.24) is 4.90 Å². The molecule has 4 nitrogen and oxygen atoms in total. The minimum absolute atomic E-state index is 0.124. The minimum atomic E-state index is -0.262. The molecule has 1 heterocycles. The molecule has 4 heteroatoms. The van der Waals surface area contributed by atoms with Crippen LogP contribution in [0.5, 0.6) is 5.75 Å². The standard InChI is InChI=1S/C13H11NO3/c1-7-6-14(7)9-5-11(16)8-3-2-4-10(15)12(8)13(9)17/h2-5,7,15H,6H2,1H3. The van der Waals surface area contributed by atoms with Gasteiger partial charge >= 0.3 is 0 Å². The summed E-state index contributed by atoms with van der Waals surface area (Å²) in [6.07, 6.45) is 1.37. The molecular formula is C13H11NO3. The lowest BCUT2D eigenvalue weighted by Gasteiger charge is -2.17. The van der Waals surface area contributed by atoms with Gasteiger partial charge in [-0.3, -0.25) is 9.59 Å². The molecule has 1 saturated heterocycles. The fourth-order valence-corrected chi connectivity index (χ4v) is 2.17. The van der Waals surface area contributed by atoms with E-state index in [1.165, 1.54) is 12.1 Å². The summed E-state index contributed by atoms with van der Waals surface area (Å²) in [5.74, 6) is -0.604. The number of fused-ring (bicyclic) bond motifs is 1. The van der Waals surface area contributed by atoms with Crippen LogP contribution >= 0.6 is 0 Å². The Balaban J connectivity index is 2.13. The van der Waals surface area contributed by atoms with Gasteiger partial charge in [0.05, 0.1) is 11.3 Å². The Hall–Kier alpha value is -2.10. The summed E-state index contributed by atoms with van der Waals surface area (Å²) in [5, 5.41) is 9.71. The molecule has 0 saturated carbocycles. The molecule has 1 atom stereocenters. The Labute approximate surface area is 98.2 Å². The van der Waals surface area contributed by atoms with Crippen molar-refractivity contribution < 1.29 is 14.7 Å². The normalized spacial score (nSPS) is 22.3. The van der Waals surface area contributed by atoms with Gasteiger partial charge in [0.2, 0.25) is 5.78 Å². The molecule has 1 unspecified atom stereocenters. The summed E-state index contributed by atoms with van der Waals surface area (Å²) in [6, 6.07) is 4.86. The number of phenols is 1. The number of benzene rings is 1. The van der Waals surface area contributed by atoms with Crippen LogP contribution in [-0.2, 0) is 0 Å². The highest BCUT2D eigenvalue weighted by molar-refractivity contribution is 6.25. The van der Waals surface area contributed by atoms with Gasteiger partial charge in [0, 0.05) is 24.2 Å². The zero-order valence-corrected chi connectivity index (χ0v) is 9.30. The summed E-state index contributed by atoms with van der Waals surface area (Å²) in [5.41, 5.74) is 0.818. The zero-order valence-electron chi connectivity index (χ0n) is 9.30. The topological polar surface area (TPSA) is 57.4 Å². The van der Waals surface area contributed by atoms with Crippen LogP contribution in [0.25, 0.3) is 0 Å². The third-order valence-electron chi connectivity index (χ3n) is 3.20. The molecule has 1 fully saturated rings. The van der Waals surface area contributed by atoms with Crippen LogP contribution in [0.4, 0.5) is 0 Å². The van der Waals surface area contributed by atoms with Crippen molar-refractivity contribution in [2.45, 2.75) is 13.0 Å². The second-order valence-corrected chi connectivity index (χ2v) is 4.42. The molecule has 86 valence electrons. The van der Waals surface area contributed by atoms with Crippen molar-refractivity contribution in [3.63, 3.8) is 0 Å². The van der Waals surface area contributed by atoms with E-state index in [1.807, 2.05) is 11.8 Å². The van der Waals surface area contributed by atoms with E-state index in [0.717, 1.165) is 6.54 Å². The van der Waals surface area contributed by atoms with E-state index in [9.17, 15) is 14.7 Å². The number of rotatable bonds is 1. The summed E-state index contributed by atoms with van der Waals surface area (Å²) >= 11 is 0. The fourth-order valence-electron chi connectivity index (χ4n) is 2.17. The first-order valence-corrected chi connectivity index (χ1v) is 5.49. The van der Waals surface area contributed by atoms with Gasteiger partial charge in [0.25, 0.3) is 0 Å². The quantitative estimate of drug-likeness (QED) is 0.739.